The summed E-state index contributed by atoms with van der Waals surface area (Å²) >= 11 is 0. The van der Waals surface area contributed by atoms with Gasteiger partial charge in [0, 0.05) is 30.9 Å². The molecule has 0 saturated carbocycles. The van der Waals surface area contributed by atoms with Crippen molar-refractivity contribution in [2.45, 2.75) is 19.9 Å². The van der Waals surface area contributed by atoms with Crippen molar-refractivity contribution >= 4 is 6.29 Å². The van der Waals surface area contributed by atoms with Gasteiger partial charge in [-0.1, -0.05) is 0 Å². The van der Waals surface area contributed by atoms with E-state index in [1.54, 1.807) is 6.07 Å². The lowest BCUT2D eigenvalue weighted by atomic mass is 10.4. The fourth-order valence-corrected chi connectivity index (χ4v) is 0.978. The fraction of sp³-hybridized carbons (Fsp3) is 0.300. The first-order valence-electron chi connectivity index (χ1n) is 3.87. The highest BCUT2D eigenvalue weighted by molar-refractivity contribution is 5.74. The first-order chi connectivity index (χ1) is 5.86. The molecule has 1 rings (SSSR count). The molecule has 0 spiro atoms. The molecule has 2 heteroatoms. The van der Waals surface area contributed by atoms with E-state index in [9.17, 15) is 4.79 Å². The Morgan fingerprint density at radius 3 is 3.08 bits per heavy atom. The highest BCUT2D eigenvalue weighted by atomic mass is 16.1. The molecule has 62 valence electrons. The number of hydrogen-bond donors (Lipinski definition) is 0. The molecule has 0 aliphatic rings. The van der Waals surface area contributed by atoms with Crippen molar-refractivity contribution in [3.05, 3.63) is 24.0 Å². The Kier molecular flexibility index (Phi) is 3.16. The van der Waals surface area contributed by atoms with Crippen molar-refractivity contribution in [1.29, 1.82) is 0 Å². The van der Waals surface area contributed by atoms with Gasteiger partial charge in [-0.05, 0) is 13.0 Å². The minimum atomic E-state index is 0.722. The van der Waals surface area contributed by atoms with Crippen LogP contribution >= 0.6 is 0 Å². The van der Waals surface area contributed by atoms with Crippen LogP contribution in [0, 0.1) is 11.8 Å². The lowest BCUT2D eigenvalue weighted by Crippen LogP contribution is -1.92. The highest BCUT2D eigenvalue weighted by Gasteiger charge is 1.92. The molecule has 0 radical (unpaired) electrons. The molecule has 0 aliphatic heterocycles. The molecular formula is C10H11NO. The second-order valence-corrected chi connectivity index (χ2v) is 2.48. The van der Waals surface area contributed by atoms with Crippen molar-refractivity contribution in [1.82, 2.24) is 4.57 Å². The van der Waals surface area contributed by atoms with E-state index in [0.717, 1.165) is 24.8 Å². The van der Waals surface area contributed by atoms with Crippen LogP contribution in [0.3, 0.4) is 0 Å². The number of carbonyl (C=O) groups excluding carboxylic acids is 1. The van der Waals surface area contributed by atoms with Crippen LogP contribution in [0.15, 0.2) is 18.5 Å². The summed E-state index contributed by atoms with van der Waals surface area (Å²) in [4.78, 5) is 10.3. The number of nitrogens with zero attached hydrogens (tertiary/aromatic N) is 1. The van der Waals surface area contributed by atoms with Crippen LogP contribution < -0.4 is 0 Å². The molecule has 0 aromatic carbocycles. The SMILES string of the molecule is CC#CCCn1ccc(C=O)c1. The quantitative estimate of drug-likeness (QED) is 0.488. The number of rotatable bonds is 3. The number of hydrogen-bond acceptors (Lipinski definition) is 1. The van der Waals surface area contributed by atoms with E-state index in [1.165, 1.54) is 0 Å². The molecule has 0 amide bonds. The third-order valence-corrected chi connectivity index (χ3v) is 1.58. The van der Waals surface area contributed by atoms with Gasteiger partial charge in [-0.3, -0.25) is 4.79 Å². The zero-order valence-corrected chi connectivity index (χ0v) is 7.08. The maximum atomic E-state index is 10.3. The van der Waals surface area contributed by atoms with Gasteiger partial charge in [-0.2, -0.15) is 0 Å². The van der Waals surface area contributed by atoms with Gasteiger partial charge in [0.05, 0.1) is 0 Å². The normalized spacial score (nSPS) is 8.75. The Morgan fingerprint density at radius 2 is 2.50 bits per heavy atom. The zero-order valence-electron chi connectivity index (χ0n) is 7.08. The summed E-state index contributed by atoms with van der Waals surface area (Å²) in [6.45, 7) is 2.68. The van der Waals surface area contributed by atoms with E-state index in [2.05, 4.69) is 11.8 Å². The van der Waals surface area contributed by atoms with Crippen LogP contribution in [0.1, 0.15) is 23.7 Å². The molecule has 0 saturated heterocycles. The standard InChI is InChI=1S/C10H11NO/c1-2-3-4-6-11-7-5-10(8-11)9-12/h5,7-9H,4,6H2,1H3. The zero-order chi connectivity index (χ0) is 8.81. The Balaban J connectivity index is 2.50. The summed E-state index contributed by atoms with van der Waals surface area (Å²) in [5, 5.41) is 0. The maximum Gasteiger partial charge on any atom is 0.151 e. The van der Waals surface area contributed by atoms with E-state index in [4.69, 9.17) is 0 Å². The summed E-state index contributed by atoms with van der Waals surface area (Å²) in [6, 6.07) is 1.80. The van der Waals surface area contributed by atoms with Gasteiger partial charge in [0.2, 0.25) is 0 Å². The predicted molar refractivity (Wildman–Crippen MR) is 47.9 cm³/mol. The molecule has 2 nitrogen and oxygen atoms in total. The third-order valence-electron chi connectivity index (χ3n) is 1.58. The average molecular weight is 161 g/mol. The first kappa shape index (κ1) is 8.61. The molecule has 1 aromatic rings. The predicted octanol–water partition coefficient (Wildman–Crippen LogP) is 1.71. The molecule has 12 heavy (non-hydrogen) atoms. The Hall–Kier alpha value is -1.49. The third kappa shape index (κ3) is 2.28. The second kappa shape index (κ2) is 4.40. The number of carbonyl (C=O) groups is 1. The number of aryl methyl sites for hydroxylation is 1. The minimum absolute atomic E-state index is 0.722. The van der Waals surface area contributed by atoms with Crippen molar-refractivity contribution < 1.29 is 4.79 Å². The van der Waals surface area contributed by atoms with Gasteiger partial charge in [-0.25, -0.2) is 0 Å². The van der Waals surface area contributed by atoms with Crippen LogP contribution in [0.4, 0.5) is 0 Å². The van der Waals surface area contributed by atoms with Crippen molar-refractivity contribution in [2.75, 3.05) is 0 Å². The lowest BCUT2D eigenvalue weighted by molar-refractivity contribution is 0.112. The molecule has 1 heterocycles. The fourth-order valence-electron chi connectivity index (χ4n) is 0.978. The lowest BCUT2D eigenvalue weighted by Gasteiger charge is -1.95. The van der Waals surface area contributed by atoms with E-state index in [-0.39, 0.29) is 0 Å². The number of aldehydes is 1. The summed E-state index contributed by atoms with van der Waals surface area (Å²) < 4.78 is 1.97. The monoisotopic (exact) mass is 161 g/mol. The van der Waals surface area contributed by atoms with E-state index >= 15 is 0 Å². The summed E-state index contributed by atoms with van der Waals surface area (Å²) in [5.41, 5.74) is 0.722. The Morgan fingerprint density at radius 1 is 1.67 bits per heavy atom. The Labute approximate surface area is 72.2 Å². The van der Waals surface area contributed by atoms with Crippen LogP contribution in [0.2, 0.25) is 0 Å². The highest BCUT2D eigenvalue weighted by Crippen LogP contribution is 1.98. The minimum Gasteiger partial charge on any atom is -0.353 e. The van der Waals surface area contributed by atoms with E-state index in [1.807, 2.05) is 23.9 Å². The average Bonchev–Trinajstić information content (AvgIpc) is 2.53. The van der Waals surface area contributed by atoms with Gasteiger partial charge >= 0.3 is 0 Å². The molecule has 0 unspecified atom stereocenters. The molecule has 0 bridgehead atoms. The second-order valence-electron chi connectivity index (χ2n) is 2.48. The van der Waals surface area contributed by atoms with Crippen LogP contribution in [-0.2, 0) is 6.54 Å². The smallest absolute Gasteiger partial charge is 0.151 e. The van der Waals surface area contributed by atoms with Crippen molar-refractivity contribution in [2.24, 2.45) is 0 Å². The van der Waals surface area contributed by atoms with Gasteiger partial charge in [0.15, 0.2) is 6.29 Å². The van der Waals surface area contributed by atoms with Crippen LogP contribution in [0.25, 0.3) is 0 Å². The molecule has 0 N–H and O–H groups in total. The van der Waals surface area contributed by atoms with Gasteiger partial charge in [0.25, 0.3) is 0 Å². The molecule has 0 atom stereocenters. The summed E-state index contributed by atoms with van der Waals surface area (Å²) in [5.74, 6) is 5.79. The first-order valence-corrected chi connectivity index (χ1v) is 3.87. The van der Waals surface area contributed by atoms with Gasteiger partial charge < -0.3 is 4.57 Å². The number of aromatic nitrogens is 1. The largest absolute Gasteiger partial charge is 0.353 e. The van der Waals surface area contributed by atoms with Crippen molar-refractivity contribution in [3.63, 3.8) is 0 Å². The van der Waals surface area contributed by atoms with Gasteiger partial charge in [0.1, 0.15) is 0 Å². The van der Waals surface area contributed by atoms with Crippen LogP contribution in [0.5, 0.6) is 0 Å². The maximum absolute atomic E-state index is 10.3. The molecule has 0 aliphatic carbocycles. The van der Waals surface area contributed by atoms with E-state index < -0.39 is 0 Å². The van der Waals surface area contributed by atoms with E-state index in [0.29, 0.717) is 0 Å². The van der Waals surface area contributed by atoms with Gasteiger partial charge in [-0.15, -0.1) is 11.8 Å². The molecular weight excluding hydrogens is 150 g/mol. The topological polar surface area (TPSA) is 22.0 Å². The summed E-state index contributed by atoms with van der Waals surface area (Å²) in [6.07, 6.45) is 5.40. The van der Waals surface area contributed by atoms with Crippen molar-refractivity contribution in [3.8, 4) is 11.8 Å². The van der Waals surface area contributed by atoms with Crippen LogP contribution in [-0.4, -0.2) is 10.9 Å². The Bertz CT molecular complexity index is 314. The molecule has 0 fully saturated rings. The molecule has 1 aromatic heterocycles. The summed E-state index contributed by atoms with van der Waals surface area (Å²) in [7, 11) is 0.